The van der Waals surface area contributed by atoms with Crippen molar-refractivity contribution in [2.45, 2.75) is 0 Å². The van der Waals surface area contributed by atoms with Gasteiger partial charge in [0.15, 0.2) is 0 Å². The predicted molar refractivity (Wildman–Crippen MR) is 52.4 cm³/mol. The lowest BCUT2D eigenvalue weighted by Crippen LogP contribution is -2.39. The quantitative estimate of drug-likeness (QED) is 0.582. The molecule has 1 aliphatic rings. The molecule has 1 rings (SSSR count). The first-order chi connectivity index (χ1) is 6.99. The molecule has 1 heterocycles. The SMILES string of the molecule is O=[SH](=O)OS(=O)(=O)CCN1CCOCC1. The van der Waals surface area contributed by atoms with Gasteiger partial charge < -0.3 is 4.74 Å². The Balaban J connectivity index is 2.34. The maximum absolute atomic E-state index is 11.0. The Kier molecular flexibility index (Phi) is 4.93. The summed E-state index contributed by atoms with van der Waals surface area (Å²) < 4.78 is 51.0. The number of hydrogen-bond donors (Lipinski definition) is 1. The van der Waals surface area contributed by atoms with Crippen molar-refractivity contribution >= 4 is 21.1 Å². The van der Waals surface area contributed by atoms with Crippen LogP contribution in [0.15, 0.2) is 0 Å². The summed E-state index contributed by atoms with van der Waals surface area (Å²) in [5.74, 6) is -0.323. The summed E-state index contributed by atoms with van der Waals surface area (Å²) in [7, 11) is -7.31. The first-order valence-electron chi connectivity index (χ1n) is 4.36. The van der Waals surface area contributed by atoms with Gasteiger partial charge in [0.2, 0.25) is 0 Å². The standard InChI is InChI=1S/C6H13NO6S2/c8-14(9)13-15(10,11)6-3-7-1-4-12-5-2-7/h14H,1-6H2. The highest BCUT2D eigenvalue weighted by Crippen LogP contribution is 1.99. The van der Waals surface area contributed by atoms with E-state index < -0.39 is 21.1 Å². The maximum atomic E-state index is 11.0. The van der Waals surface area contributed by atoms with Crippen molar-refractivity contribution in [1.29, 1.82) is 0 Å². The van der Waals surface area contributed by atoms with Crippen LogP contribution in [-0.4, -0.2) is 60.3 Å². The fraction of sp³-hybridized carbons (Fsp3) is 1.00. The monoisotopic (exact) mass is 259 g/mol. The van der Waals surface area contributed by atoms with Gasteiger partial charge in [0.05, 0.1) is 19.0 Å². The molecule has 1 aliphatic heterocycles. The first kappa shape index (κ1) is 12.8. The van der Waals surface area contributed by atoms with Crippen molar-refractivity contribution in [3.05, 3.63) is 0 Å². The number of hydrogen-bond acceptors (Lipinski definition) is 7. The van der Waals surface area contributed by atoms with Gasteiger partial charge in [0, 0.05) is 19.6 Å². The number of nitrogens with zero attached hydrogens (tertiary/aromatic N) is 1. The summed E-state index contributed by atoms with van der Waals surface area (Å²) in [5.41, 5.74) is 0. The highest BCUT2D eigenvalue weighted by molar-refractivity contribution is 7.93. The molecule has 15 heavy (non-hydrogen) atoms. The maximum Gasteiger partial charge on any atom is 0.282 e. The van der Waals surface area contributed by atoms with Crippen LogP contribution in [-0.2, 0) is 29.5 Å². The van der Waals surface area contributed by atoms with E-state index in [-0.39, 0.29) is 12.3 Å². The van der Waals surface area contributed by atoms with Gasteiger partial charge in [-0.2, -0.15) is 8.42 Å². The van der Waals surface area contributed by atoms with E-state index in [4.69, 9.17) is 4.74 Å². The smallest absolute Gasteiger partial charge is 0.282 e. The molecular weight excluding hydrogens is 246 g/mol. The lowest BCUT2D eigenvalue weighted by Gasteiger charge is -2.25. The fourth-order valence-corrected chi connectivity index (χ4v) is 2.72. The fourth-order valence-electron chi connectivity index (χ4n) is 1.20. The Labute approximate surface area is 90.2 Å². The Morgan fingerprint density at radius 2 is 1.87 bits per heavy atom. The van der Waals surface area contributed by atoms with Crippen LogP contribution in [0.2, 0.25) is 0 Å². The molecule has 0 aromatic heterocycles. The third kappa shape index (κ3) is 5.42. The Bertz CT molecular complexity index is 348. The van der Waals surface area contributed by atoms with Crippen LogP contribution >= 0.6 is 0 Å². The predicted octanol–water partition coefficient (Wildman–Crippen LogP) is -1.81. The van der Waals surface area contributed by atoms with Crippen molar-refractivity contribution in [3.8, 4) is 0 Å². The zero-order chi connectivity index (χ0) is 11.3. The zero-order valence-electron chi connectivity index (χ0n) is 7.99. The minimum Gasteiger partial charge on any atom is -0.379 e. The molecule has 1 fully saturated rings. The zero-order valence-corrected chi connectivity index (χ0v) is 9.71. The first-order valence-corrected chi connectivity index (χ1v) is 7.04. The Morgan fingerprint density at radius 1 is 1.27 bits per heavy atom. The Hall–Kier alpha value is -0.220. The van der Waals surface area contributed by atoms with Gasteiger partial charge in [-0.25, -0.2) is 8.42 Å². The molecule has 9 heteroatoms. The largest absolute Gasteiger partial charge is 0.379 e. The van der Waals surface area contributed by atoms with E-state index in [2.05, 4.69) is 3.63 Å². The molecule has 0 unspecified atom stereocenters. The second-order valence-electron chi connectivity index (χ2n) is 3.01. The van der Waals surface area contributed by atoms with E-state index in [0.717, 1.165) is 0 Å². The van der Waals surface area contributed by atoms with Gasteiger partial charge in [-0.3, -0.25) is 4.90 Å². The second kappa shape index (κ2) is 5.75. The van der Waals surface area contributed by atoms with Crippen molar-refractivity contribution in [2.75, 3.05) is 38.6 Å². The summed E-state index contributed by atoms with van der Waals surface area (Å²) in [6, 6.07) is 0. The van der Waals surface area contributed by atoms with Crippen molar-refractivity contribution in [1.82, 2.24) is 4.90 Å². The van der Waals surface area contributed by atoms with Gasteiger partial charge in [-0.05, 0) is 0 Å². The average Bonchev–Trinajstić information content (AvgIpc) is 2.15. The highest BCUT2D eigenvalue weighted by Gasteiger charge is 2.17. The molecule has 0 aromatic rings. The van der Waals surface area contributed by atoms with Crippen LogP contribution in [0.5, 0.6) is 0 Å². The normalized spacial score (nSPS) is 19.5. The van der Waals surface area contributed by atoms with Gasteiger partial charge in [0.25, 0.3) is 21.1 Å². The van der Waals surface area contributed by atoms with E-state index >= 15 is 0 Å². The minimum atomic E-state index is -3.96. The van der Waals surface area contributed by atoms with Gasteiger partial charge >= 0.3 is 0 Å². The van der Waals surface area contributed by atoms with E-state index in [1.165, 1.54) is 0 Å². The highest BCUT2D eigenvalue weighted by atomic mass is 32.3. The molecule has 0 amide bonds. The summed E-state index contributed by atoms with van der Waals surface area (Å²) in [4.78, 5) is 1.88. The molecule has 0 spiro atoms. The van der Waals surface area contributed by atoms with Gasteiger partial charge in [-0.1, -0.05) is 0 Å². The van der Waals surface area contributed by atoms with Crippen LogP contribution in [0.1, 0.15) is 0 Å². The molecule has 7 nitrogen and oxygen atoms in total. The number of rotatable bonds is 5. The molecule has 0 saturated carbocycles. The number of thiol groups is 1. The second-order valence-corrected chi connectivity index (χ2v) is 5.58. The topological polar surface area (TPSA) is 90.0 Å². The van der Waals surface area contributed by atoms with Crippen LogP contribution in [0.4, 0.5) is 0 Å². The third-order valence-corrected chi connectivity index (χ3v) is 4.01. The number of morpholine rings is 1. The summed E-state index contributed by atoms with van der Waals surface area (Å²) >= 11 is 0. The molecule has 90 valence electrons. The van der Waals surface area contributed by atoms with E-state index in [1.54, 1.807) is 0 Å². The number of ether oxygens (including phenoxy) is 1. The van der Waals surface area contributed by atoms with Crippen molar-refractivity contribution in [3.63, 3.8) is 0 Å². The molecular formula is C6H13NO6S2. The van der Waals surface area contributed by atoms with E-state index in [1.807, 2.05) is 4.90 Å². The lowest BCUT2D eigenvalue weighted by atomic mass is 10.4. The summed E-state index contributed by atoms with van der Waals surface area (Å²) in [6.45, 7) is 2.69. The van der Waals surface area contributed by atoms with E-state index in [9.17, 15) is 16.8 Å². The summed E-state index contributed by atoms with van der Waals surface area (Å²) in [5, 5.41) is 0. The molecule has 0 aliphatic carbocycles. The minimum absolute atomic E-state index is 0.259. The Morgan fingerprint density at radius 3 is 2.40 bits per heavy atom. The van der Waals surface area contributed by atoms with Crippen molar-refractivity contribution in [2.24, 2.45) is 0 Å². The van der Waals surface area contributed by atoms with Crippen LogP contribution in [0.3, 0.4) is 0 Å². The van der Waals surface area contributed by atoms with Crippen LogP contribution in [0.25, 0.3) is 0 Å². The molecule has 0 bridgehead atoms. The average molecular weight is 259 g/mol. The van der Waals surface area contributed by atoms with Gasteiger partial charge in [-0.15, -0.1) is 3.63 Å². The van der Waals surface area contributed by atoms with Crippen LogP contribution < -0.4 is 0 Å². The lowest BCUT2D eigenvalue weighted by molar-refractivity contribution is 0.0407. The summed E-state index contributed by atoms with van der Waals surface area (Å²) in [6.07, 6.45) is 0. The molecule has 0 N–H and O–H groups in total. The molecule has 1 saturated heterocycles. The van der Waals surface area contributed by atoms with Gasteiger partial charge in [0.1, 0.15) is 0 Å². The van der Waals surface area contributed by atoms with E-state index in [0.29, 0.717) is 26.3 Å². The molecule has 0 radical (unpaired) electrons. The third-order valence-electron chi connectivity index (χ3n) is 1.94. The van der Waals surface area contributed by atoms with Crippen LogP contribution in [0, 0.1) is 0 Å². The van der Waals surface area contributed by atoms with Crippen molar-refractivity contribution < 1.29 is 25.2 Å². The molecule has 0 aromatic carbocycles. The molecule has 0 atom stereocenters.